The molecular weight excluding hydrogens is 449 g/mol. The normalized spacial score (nSPS) is 22.4. The van der Waals surface area contributed by atoms with Gasteiger partial charge in [-0.05, 0) is 48.4 Å². The van der Waals surface area contributed by atoms with Gasteiger partial charge in [0.1, 0.15) is 6.17 Å². The molecule has 0 spiro atoms. The molecule has 4 N–H and O–H groups in total. The molecule has 35 heavy (non-hydrogen) atoms. The first-order valence-corrected chi connectivity index (χ1v) is 12.0. The van der Waals surface area contributed by atoms with Crippen LogP contribution in [0.25, 0.3) is 0 Å². The average molecular weight is 482 g/mol. The van der Waals surface area contributed by atoms with Crippen molar-refractivity contribution in [3.8, 4) is 0 Å². The van der Waals surface area contributed by atoms with Crippen LogP contribution in [0, 0.1) is 11.8 Å². The Morgan fingerprint density at radius 1 is 1.20 bits per heavy atom. The number of carbonyl (C=O) groups excluding carboxylic acids is 2. The molecule has 4 rings (SSSR count). The minimum atomic E-state index is -1.18. The standard InChI is InChI=1S/C25H32FN7O2/c1-4-20(34)29-19-13-33(12-18(21(19)26)16-6-5-7-16)25-30-24(22(23(27)35)31-32-25)28-17-10-8-15(9-11-17)14(2)3/h4,8-11,14,16,18-19,21H,1,5-7,12-13H2,2-3H3,(H2,27,35)(H,29,34)(H,28,30,32)/t18?,19-,21+/m0/s1. The number of hydrogen-bond donors (Lipinski definition) is 3. The third-order valence-corrected chi connectivity index (χ3v) is 6.94. The fourth-order valence-corrected chi connectivity index (χ4v) is 4.67. The van der Waals surface area contributed by atoms with Gasteiger partial charge in [0.05, 0.1) is 6.04 Å². The second-order valence-electron chi connectivity index (χ2n) is 9.60. The maximum Gasteiger partial charge on any atom is 0.273 e. The number of carbonyl (C=O) groups is 2. The van der Waals surface area contributed by atoms with Crippen molar-refractivity contribution in [1.29, 1.82) is 0 Å². The minimum absolute atomic E-state index is 0.0888. The molecule has 1 saturated heterocycles. The van der Waals surface area contributed by atoms with E-state index in [-0.39, 0.29) is 35.8 Å². The summed E-state index contributed by atoms with van der Waals surface area (Å²) < 4.78 is 15.4. The van der Waals surface area contributed by atoms with Crippen molar-refractivity contribution in [1.82, 2.24) is 20.5 Å². The number of aromatic nitrogens is 3. The SMILES string of the molecule is C=CC(=O)N[C@H]1CN(c2nnc(C(N)=O)c(Nc3ccc(C(C)C)cc3)n2)CC(C2CCC2)[C@H]1F. The highest BCUT2D eigenvalue weighted by molar-refractivity contribution is 5.96. The number of nitrogens with one attached hydrogen (secondary N) is 2. The molecule has 0 radical (unpaired) electrons. The van der Waals surface area contributed by atoms with Gasteiger partial charge in [-0.2, -0.15) is 4.98 Å². The molecule has 1 aliphatic carbocycles. The average Bonchev–Trinajstić information content (AvgIpc) is 2.80. The van der Waals surface area contributed by atoms with Gasteiger partial charge >= 0.3 is 0 Å². The summed E-state index contributed by atoms with van der Waals surface area (Å²) >= 11 is 0. The lowest BCUT2D eigenvalue weighted by molar-refractivity contribution is -0.118. The smallest absolute Gasteiger partial charge is 0.273 e. The molecule has 1 aliphatic heterocycles. The number of rotatable bonds is 8. The summed E-state index contributed by atoms with van der Waals surface area (Å²) in [6, 6.07) is 7.04. The Bertz CT molecular complexity index is 1090. The predicted octanol–water partition coefficient (Wildman–Crippen LogP) is 3.08. The summed E-state index contributed by atoms with van der Waals surface area (Å²) in [5, 5.41) is 14.0. The number of hydrogen-bond acceptors (Lipinski definition) is 7. The molecule has 10 heteroatoms. The molecule has 3 atom stereocenters. The van der Waals surface area contributed by atoms with E-state index in [4.69, 9.17) is 5.73 Å². The highest BCUT2D eigenvalue weighted by atomic mass is 19.1. The van der Waals surface area contributed by atoms with Crippen LogP contribution in [0.5, 0.6) is 0 Å². The quantitative estimate of drug-likeness (QED) is 0.495. The monoisotopic (exact) mass is 481 g/mol. The molecule has 2 aliphatic rings. The van der Waals surface area contributed by atoms with Crippen LogP contribution in [-0.4, -0.2) is 52.3 Å². The number of amides is 2. The van der Waals surface area contributed by atoms with E-state index in [0.29, 0.717) is 18.2 Å². The van der Waals surface area contributed by atoms with Gasteiger partial charge in [-0.1, -0.05) is 39.0 Å². The Hall–Kier alpha value is -3.56. The summed E-state index contributed by atoms with van der Waals surface area (Å²) in [4.78, 5) is 30.3. The molecule has 2 fully saturated rings. The van der Waals surface area contributed by atoms with Crippen molar-refractivity contribution < 1.29 is 14.0 Å². The van der Waals surface area contributed by atoms with Gasteiger partial charge < -0.3 is 21.3 Å². The second kappa shape index (κ2) is 10.4. The topological polar surface area (TPSA) is 126 Å². The number of nitrogens with zero attached hydrogens (tertiary/aromatic N) is 4. The largest absolute Gasteiger partial charge is 0.364 e. The Morgan fingerprint density at radius 2 is 1.91 bits per heavy atom. The molecule has 1 aromatic heterocycles. The van der Waals surface area contributed by atoms with Gasteiger partial charge in [-0.15, -0.1) is 10.2 Å². The Morgan fingerprint density at radius 3 is 2.49 bits per heavy atom. The van der Waals surface area contributed by atoms with E-state index in [2.05, 4.69) is 46.2 Å². The fraction of sp³-hybridized carbons (Fsp3) is 0.480. The van der Waals surface area contributed by atoms with Crippen molar-refractivity contribution in [3.63, 3.8) is 0 Å². The highest BCUT2D eigenvalue weighted by Gasteiger charge is 2.44. The van der Waals surface area contributed by atoms with Gasteiger partial charge in [0.15, 0.2) is 11.5 Å². The molecule has 0 bridgehead atoms. The maximum absolute atomic E-state index is 15.4. The van der Waals surface area contributed by atoms with E-state index in [1.54, 1.807) is 0 Å². The molecule has 9 nitrogen and oxygen atoms in total. The molecular formula is C25H32FN7O2. The zero-order valence-corrected chi connectivity index (χ0v) is 20.1. The number of anilines is 3. The van der Waals surface area contributed by atoms with Crippen LogP contribution in [0.15, 0.2) is 36.9 Å². The van der Waals surface area contributed by atoms with Crippen LogP contribution in [0.4, 0.5) is 21.8 Å². The van der Waals surface area contributed by atoms with E-state index in [0.717, 1.165) is 25.3 Å². The van der Waals surface area contributed by atoms with E-state index in [1.807, 2.05) is 29.2 Å². The summed E-state index contributed by atoms with van der Waals surface area (Å²) in [5.74, 6) is -0.419. The maximum atomic E-state index is 15.4. The molecule has 1 unspecified atom stereocenters. The van der Waals surface area contributed by atoms with Gasteiger partial charge in [0.2, 0.25) is 11.9 Å². The zero-order valence-electron chi connectivity index (χ0n) is 20.1. The van der Waals surface area contributed by atoms with Crippen LogP contribution in [0.3, 0.4) is 0 Å². The van der Waals surface area contributed by atoms with Crippen LogP contribution >= 0.6 is 0 Å². The fourth-order valence-electron chi connectivity index (χ4n) is 4.67. The lowest BCUT2D eigenvalue weighted by Crippen LogP contribution is -2.60. The zero-order chi connectivity index (χ0) is 25.1. The summed E-state index contributed by atoms with van der Waals surface area (Å²) in [6.07, 6.45) is 2.94. The van der Waals surface area contributed by atoms with Crippen molar-refractivity contribution in [2.45, 2.75) is 51.2 Å². The molecule has 1 saturated carbocycles. The Balaban J connectivity index is 1.62. The van der Waals surface area contributed by atoms with Gasteiger partial charge in [-0.25, -0.2) is 4.39 Å². The highest BCUT2D eigenvalue weighted by Crippen LogP contribution is 2.40. The first kappa shape index (κ1) is 24.6. The summed E-state index contributed by atoms with van der Waals surface area (Å²) in [6.45, 7) is 8.25. The summed E-state index contributed by atoms with van der Waals surface area (Å²) in [7, 11) is 0. The molecule has 2 aromatic rings. The lowest BCUT2D eigenvalue weighted by Gasteiger charge is -2.45. The van der Waals surface area contributed by atoms with Crippen molar-refractivity contribution >= 4 is 29.3 Å². The van der Waals surface area contributed by atoms with Gasteiger partial charge in [-0.3, -0.25) is 9.59 Å². The van der Waals surface area contributed by atoms with E-state index < -0.39 is 24.0 Å². The van der Waals surface area contributed by atoms with Crippen molar-refractivity contribution in [2.75, 3.05) is 23.3 Å². The first-order chi connectivity index (χ1) is 16.8. The third-order valence-electron chi connectivity index (χ3n) is 6.94. The van der Waals surface area contributed by atoms with Crippen LogP contribution in [-0.2, 0) is 4.79 Å². The number of nitrogens with two attached hydrogens (primary N) is 1. The number of primary amides is 1. The predicted molar refractivity (Wildman–Crippen MR) is 132 cm³/mol. The number of alkyl halides is 1. The molecule has 1 aromatic carbocycles. The first-order valence-electron chi connectivity index (χ1n) is 12.0. The minimum Gasteiger partial charge on any atom is -0.364 e. The van der Waals surface area contributed by atoms with Crippen LogP contribution in [0.1, 0.15) is 55.1 Å². The van der Waals surface area contributed by atoms with Crippen molar-refractivity contribution in [2.24, 2.45) is 17.6 Å². The molecule has 2 amide bonds. The second-order valence-corrected chi connectivity index (χ2v) is 9.60. The van der Waals surface area contributed by atoms with E-state index in [9.17, 15) is 9.59 Å². The third kappa shape index (κ3) is 5.41. The van der Waals surface area contributed by atoms with Crippen LogP contribution in [0.2, 0.25) is 0 Å². The number of halogens is 1. The van der Waals surface area contributed by atoms with E-state index >= 15 is 4.39 Å². The molecule has 186 valence electrons. The van der Waals surface area contributed by atoms with E-state index in [1.165, 1.54) is 5.56 Å². The van der Waals surface area contributed by atoms with Gasteiger partial charge in [0.25, 0.3) is 5.91 Å². The summed E-state index contributed by atoms with van der Waals surface area (Å²) in [5.41, 5.74) is 7.32. The number of benzene rings is 1. The lowest BCUT2D eigenvalue weighted by atomic mass is 9.71. The number of piperidine rings is 1. The van der Waals surface area contributed by atoms with Gasteiger partial charge in [0, 0.05) is 24.7 Å². The molecule has 2 heterocycles. The van der Waals surface area contributed by atoms with Crippen molar-refractivity contribution in [3.05, 3.63) is 48.2 Å². The Kier molecular flexibility index (Phi) is 7.28. The van der Waals surface area contributed by atoms with Crippen LogP contribution < -0.4 is 21.3 Å². The Labute approximate surface area is 204 Å².